The molecule has 0 saturated carbocycles. The molecule has 2 aromatic carbocycles. The molecule has 2 N–H and O–H groups in total. The Balaban J connectivity index is 1.41. The Labute approximate surface area is 160 Å². The third kappa shape index (κ3) is 3.99. The number of carbonyl (C=O) groups is 2. The molecular formula is C20H19N3O3S. The van der Waals surface area contributed by atoms with E-state index in [-0.39, 0.29) is 17.9 Å². The van der Waals surface area contributed by atoms with Crippen molar-refractivity contribution in [1.29, 1.82) is 0 Å². The van der Waals surface area contributed by atoms with Gasteiger partial charge in [0.1, 0.15) is 6.10 Å². The molecule has 2 heterocycles. The van der Waals surface area contributed by atoms with Crippen molar-refractivity contribution < 1.29 is 14.3 Å². The summed E-state index contributed by atoms with van der Waals surface area (Å²) in [7, 11) is 0. The smallest absolute Gasteiger partial charge is 0.257 e. The van der Waals surface area contributed by atoms with E-state index in [1.165, 1.54) is 11.3 Å². The summed E-state index contributed by atoms with van der Waals surface area (Å²) < 4.78 is 6.40. The Hall–Kier alpha value is -2.77. The first-order valence-corrected chi connectivity index (χ1v) is 9.61. The highest BCUT2D eigenvalue weighted by Gasteiger charge is 2.23. The van der Waals surface area contributed by atoms with Gasteiger partial charge in [-0.3, -0.25) is 14.9 Å². The van der Waals surface area contributed by atoms with Gasteiger partial charge in [0, 0.05) is 17.9 Å². The molecule has 1 aliphatic rings. The molecule has 27 heavy (non-hydrogen) atoms. The number of hydrogen-bond donors (Lipinski definition) is 2. The van der Waals surface area contributed by atoms with Crippen LogP contribution in [-0.4, -0.2) is 29.5 Å². The first-order chi connectivity index (χ1) is 13.1. The monoisotopic (exact) mass is 381 g/mol. The summed E-state index contributed by atoms with van der Waals surface area (Å²) in [6, 6.07) is 12.8. The van der Waals surface area contributed by atoms with Crippen molar-refractivity contribution in [1.82, 2.24) is 4.98 Å². The second-order valence-corrected chi connectivity index (χ2v) is 7.54. The third-order valence-corrected chi connectivity index (χ3v) is 5.33. The van der Waals surface area contributed by atoms with Crippen molar-refractivity contribution in [3.8, 4) is 0 Å². The average Bonchev–Trinajstić information content (AvgIpc) is 3.31. The number of nitrogens with one attached hydrogen (secondary N) is 2. The van der Waals surface area contributed by atoms with E-state index in [4.69, 9.17) is 4.74 Å². The second-order valence-electron chi connectivity index (χ2n) is 6.51. The molecule has 0 spiro atoms. The Morgan fingerprint density at radius 1 is 1.15 bits per heavy atom. The minimum absolute atomic E-state index is 0.144. The van der Waals surface area contributed by atoms with Crippen LogP contribution in [-0.2, 0) is 9.53 Å². The SMILES string of the molecule is Cc1ccc2nc(NC(=O)c3ccc(NC(=O)C4CCCO4)cc3)sc2c1. The molecule has 3 aromatic rings. The Kier molecular flexibility index (Phi) is 4.87. The molecule has 6 nitrogen and oxygen atoms in total. The second kappa shape index (κ2) is 7.46. The number of fused-ring (bicyclic) bond motifs is 1. The lowest BCUT2D eigenvalue weighted by atomic mass is 10.2. The van der Waals surface area contributed by atoms with Crippen molar-refractivity contribution in [2.45, 2.75) is 25.9 Å². The molecule has 1 aliphatic heterocycles. The normalized spacial score (nSPS) is 16.4. The molecule has 2 amide bonds. The zero-order chi connectivity index (χ0) is 18.8. The Morgan fingerprint density at radius 3 is 2.70 bits per heavy atom. The highest BCUT2D eigenvalue weighted by molar-refractivity contribution is 7.22. The molecule has 1 saturated heterocycles. The fourth-order valence-corrected chi connectivity index (χ4v) is 3.93. The van der Waals surface area contributed by atoms with E-state index in [1.807, 2.05) is 25.1 Å². The molecule has 1 aromatic heterocycles. The lowest BCUT2D eigenvalue weighted by Gasteiger charge is -2.10. The minimum atomic E-state index is -0.379. The molecule has 0 aliphatic carbocycles. The Bertz CT molecular complexity index is 991. The van der Waals surface area contributed by atoms with E-state index in [9.17, 15) is 9.59 Å². The van der Waals surface area contributed by atoms with Crippen LogP contribution < -0.4 is 10.6 Å². The fourth-order valence-electron chi connectivity index (χ4n) is 2.97. The van der Waals surface area contributed by atoms with Gasteiger partial charge in [-0.15, -0.1) is 0 Å². The predicted molar refractivity (Wildman–Crippen MR) is 106 cm³/mol. The van der Waals surface area contributed by atoms with Crippen LogP contribution in [0.2, 0.25) is 0 Å². The van der Waals surface area contributed by atoms with Gasteiger partial charge < -0.3 is 10.1 Å². The maximum absolute atomic E-state index is 12.4. The summed E-state index contributed by atoms with van der Waals surface area (Å²) in [6.45, 7) is 2.65. The van der Waals surface area contributed by atoms with Gasteiger partial charge in [-0.05, 0) is 61.7 Å². The summed E-state index contributed by atoms with van der Waals surface area (Å²) in [5.74, 6) is -0.378. The number of rotatable bonds is 4. The van der Waals surface area contributed by atoms with E-state index in [2.05, 4.69) is 15.6 Å². The molecule has 7 heteroatoms. The number of benzene rings is 2. The quantitative estimate of drug-likeness (QED) is 0.716. The van der Waals surface area contributed by atoms with Crippen molar-refractivity contribution in [2.75, 3.05) is 17.2 Å². The molecule has 0 radical (unpaired) electrons. The van der Waals surface area contributed by atoms with Gasteiger partial charge in [0.05, 0.1) is 10.2 Å². The van der Waals surface area contributed by atoms with Crippen molar-refractivity contribution >= 4 is 44.2 Å². The largest absolute Gasteiger partial charge is 0.368 e. The van der Waals surface area contributed by atoms with Crippen LogP contribution in [0.15, 0.2) is 42.5 Å². The summed E-state index contributed by atoms with van der Waals surface area (Å²) in [5.41, 5.74) is 3.17. The highest BCUT2D eigenvalue weighted by atomic mass is 32.1. The zero-order valence-electron chi connectivity index (χ0n) is 14.8. The Morgan fingerprint density at radius 2 is 1.96 bits per heavy atom. The number of hydrogen-bond acceptors (Lipinski definition) is 5. The van der Waals surface area contributed by atoms with Gasteiger partial charge in [-0.1, -0.05) is 17.4 Å². The highest BCUT2D eigenvalue weighted by Crippen LogP contribution is 2.27. The van der Waals surface area contributed by atoms with Gasteiger partial charge in [0.2, 0.25) is 0 Å². The van der Waals surface area contributed by atoms with E-state index in [0.29, 0.717) is 23.0 Å². The molecule has 4 rings (SSSR count). The van der Waals surface area contributed by atoms with Crippen molar-refractivity contribution in [2.24, 2.45) is 0 Å². The standard InChI is InChI=1S/C20H19N3O3S/c1-12-4-9-15-17(11-12)27-20(22-15)23-18(24)13-5-7-14(8-6-13)21-19(25)16-3-2-10-26-16/h4-9,11,16H,2-3,10H2,1H3,(H,21,25)(H,22,23,24). The van der Waals surface area contributed by atoms with Gasteiger partial charge in [-0.25, -0.2) is 4.98 Å². The van der Waals surface area contributed by atoms with Gasteiger partial charge in [-0.2, -0.15) is 0 Å². The van der Waals surface area contributed by atoms with Crippen molar-refractivity contribution in [3.63, 3.8) is 0 Å². The van der Waals surface area contributed by atoms with Crippen LogP contribution in [0.3, 0.4) is 0 Å². The lowest BCUT2D eigenvalue weighted by molar-refractivity contribution is -0.124. The zero-order valence-corrected chi connectivity index (χ0v) is 15.6. The molecule has 1 fully saturated rings. The lowest BCUT2D eigenvalue weighted by Crippen LogP contribution is -2.26. The number of carbonyl (C=O) groups excluding carboxylic acids is 2. The summed E-state index contributed by atoms with van der Waals surface area (Å²) in [6.07, 6.45) is 1.27. The molecule has 0 bridgehead atoms. The van der Waals surface area contributed by atoms with Crippen LogP contribution in [0.25, 0.3) is 10.2 Å². The van der Waals surface area contributed by atoms with Gasteiger partial charge in [0.25, 0.3) is 11.8 Å². The average molecular weight is 381 g/mol. The fraction of sp³-hybridized carbons (Fsp3) is 0.250. The van der Waals surface area contributed by atoms with E-state index in [1.54, 1.807) is 24.3 Å². The van der Waals surface area contributed by atoms with E-state index in [0.717, 1.165) is 28.6 Å². The number of ether oxygens (including phenoxy) is 1. The molecule has 1 atom stereocenters. The number of thiazole rings is 1. The number of aromatic nitrogens is 1. The summed E-state index contributed by atoms with van der Waals surface area (Å²) in [4.78, 5) is 28.9. The van der Waals surface area contributed by atoms with Crippen molar-refractivity contribution in [3.05, 3.63) is 53.6 Å². The van der Waals surface area contributed by atoms with Gasteiger partial charge in [0.15, 0.2) is 5.13 Å². The number of nitrogens with zero attached hydrogens (tertiary/aromatic N) is 1. The maximum atomic E-state index is 12.4. The number of aryl methyl sites for hydroxylation is 1. The topological polar surface area (TPSA) is 80.3 Å². The van der Waals surface area contributed by atoms with Crippen LogP contribution >= 0.6 is 11.3 Å². The van der Waals surface area contributed by atoms with Crippen LogP contribution in [0, 0.1) is 6.92 Å². The minimum Gasteiger partial charge on any atom is -0.368 e. The van der Waals surface area contributed by atoms with Crippen LogP contribution in [0.1, 0.15) is 28.8 Å². The molecule has 138 valence electrons. The number of amides is 2. The number of anilines is 2. The van der Waals surface area contributed by atoms with E-state index >= 15 is 0 Å². The summed E-state index contributed by atoms with van der Waals surface area (Å²) >= 11 is 1.45. The van der Waals surface area contributed by atoms with E-state index < -0.39 is 0 Å². The first-order valence-electron chi connectivity index (χ1n) is 8.79. The maximum Gasteiger partial charge on any atom is 0.257 e. The first kappa shape index (κ1) is 17.6. The van der Waals surface area contributed by atoms with Crippen LogP contribution in [0.5, 0.6) is 0 Å². The summed E-state index contributed by atoms with van der Waals surface area (Å²) in [5, 5.41) is 6.22. The molecular weight excluding hydrogens is 362 g/mol. The predicted octanol–water partition coefficient (Wildman–Crippen LogP) is 3.97. The molecule has 1 unspecified atom stereocenters. The third-order valence-electron chi connectivity index (χ3n) is 4.40. The van der Waals surface area contributed by atoms with Crippen LogP contribution in [0.4, 0.5) is 10.8 Å². The van der Waals surface area contributed by atoms with Gasteiger partial charge >= 0.3 is 0 Å².